The van der Waals surface area contributed by atoms with Crippen LogP contribution in [-0.4, -0.2) is 36.1 Å². The van der Waals surface area contributed by atoms with Crippen molar-refractivity contribution in [2.24, 2.45) is 0 Å². The molecule has 2 heteroatoms. The lowest BCUT2D eigenvalue weighted by Gasteiger charge is -2.39. The van der Waals surface area contributed by atoms with Gasteiger partial charge in [-0.1, -0.05) is 6.92 Å². The molecule has 2 aliphatic heterocycles. The van der Waals surface area contributed by atoms with Crippen molar-refractivity contribution in [3.63, 3.8) is 0 Å². The van der Waals surface area contributed by atoms with Gasteiger partial charge in [0.25, 0.3) is 0 Å². The molecule has 70 valence electrons. The molecule has 0 aromatic rings. The van der Waals surface area contributed by atoms with Gasteiger partial charge >= 0.3 is 0 Å². The van der Waals surface area contributed by atoms with Crippen LogP contribution < -0.4 is 5.32 Å². The topological polar surface area (TPSA) is 15.3 Å². The summed E-state index contributed by atoms with van der Waals surface area (Å²) >= 11 is 0. The Labute approximate surface area is 75.3 Å². The highest BCUT2D eigenvalue weighted by atomic mass is 15.3. The van der Waals surface area contributed by atoms with Crippen LogP contribution in [0.4, 0.5) is 0 Å². The maximum atomic E-state index is 3.51. The number of hydrogen-bond donors (Lipinski definition) is 1. The quantitative estimate of drug-likeness (QED) is 0.667. The average molecular weight is 168 g/mol. The van der Waals surface area contributed by atoms with Crippen LogP contribution in [0.15, 0.2) is 0 Å². The molecule has 0 saturated carbocycles. The van der Waals surface area contributed by atoms with Gasteiger partial charge in [-0.3, -0.25) is 4.90 Å². The molecule has 0 amide bonds. The molecule has 2 saturated heterocycles. The van der Waals surface area contributed by atoms with Crippen LogP contribution in [0.5, 0.6) is 0 Å². The number of nitrogens with one attached hydrogen (secondary N) is 1. The van der Waals surface area contributed by atoms with E-state index in [1.165, 1.54) is 32.4 Å². The van der Waals surface area contributed by atoms with E-state index in [0.29, 0.717) is 0 Å². The van der Waals surface area contributed by atoms with E-state index in [1.54, 1.807) is 0 Å². The molecule has 3 unspecified atom stereocenters. The maximum Gasteiger partial charge on any atom is 0.0227 e. The van der Waals surface area contributed by atoms with Crippen molar-refractivity contribution >= 4 is 0 Å². The predicted octanol–water partition coefficient (Wildman–Crippen LogP) is 1.22. The molecule has 2 bridgehead atoms. The highest BCUT2D eigenvalue weighted by molar-refractivity contribution is 4.96. The third-order valence-corrected chi connectivity index (χ3v) is 3.54. The molecule has 0 spiro atoms. The maximum absolute atomic E-state index is 3.51. The zero-order valence-electron chi connectivity index (χ0n) is 8.21. The first-order chi connectivity index (χ1) is 5.83. The molecule has 12 heavy (non-hydrogen) atoms. The van der Waals surface area contributed by atoms with E-state index in [9.17, 15) is 0 Å². The number of nitrogens with zero attached hydrogens (tertiary/aromatic N) is 1. The van der Waals surface area contributed by atoms with Crippen LogP contribution in [0.25, 0.3) is 0 Å². The molecular formula is C10H20N2. The van der Waals surface area contributed by atoms with Crippen LogP contribution in [0.2, 0.25) is 0 Å². The van der Waals surface area contributed by atoms with Gasteiger partial charge in [0.1, 0.15) is 0 Å². The third-order valence-electron chi connectivity index (χ3n) is 3.54. The highest BCUT2D eigenvalue weighted by Gasteiger charge is 2.38. The predicted molar refractivity (Wildman–Crippen MR) is 51.3 cm³/mol. The van der Waals surface area contributed by atoms with Crippen molar-refractivity contribution in [1.29, 1.82) is 0 Å². The van der Waals surface area contributed by atoms with E-state index >= 15 is 0 Å². The van der Waals surface area contributed by atoms with Gasteiger partial charge in [-0.05, 0) is 26.2 Å². The molecule has 0 aromatic carbocycles. The second kappa shape index (κ2) is 3.35. The normalized spacial score (nSPS) is 38.5. The largest absolute Gasteiger partial charge is 0.314 e. The zero-order chi connectivity index (χ0) is 8.55. The molecule has 2 heterocycles. The number of rotatable bonds is 2. The zero-order valence-corrected chi connectivity index (χ0v) is 8.21. The van der Waals surface area contributed by atoms with Crippen molar-refractivity contribution < 1.29 is 0 Å². The molecule has 2 fully saturated rings. The smallest absolute Gasteiger partial charge is 0.0227 e. The molecule has 2 rings (SSSR count). The van der Waals surface area contributed by atoms with Crippen LogP contribution >= 0.6 is 0 Å². The monoisotopic (exact) mass is 168 g/mol. The lowest BCUT2D eigenvalue weighted by Crippen LogP contribution is -2.54. The summed E-state index contributed by atoms with van der Waals surface area (Å²) in [4.78, 5) is 2.75. The Morgan fingerprint density at radius 2 is 1.92 bits per heavy atom. The van der Waals surface area contributed by atoms with Crippen molar-refractivity contribution in [3.8, 4) is 0 Å². The van der Waals surface area contributed by atoms with Crippen molar-refractivity contribution in [2.45, 2.75) is 51.2 Å². The first kappa shape index (κ1) is 8.52. The standard InChI is InChI=1S/C10H20N2/c1-3-8(2)12-9-4-5-10(12)7-11-6-9/h8-11H,3-7H2,1-2H3. The Kier molecular flexibility index (Phi) is 2.37. The molecule has 3 atom stereocenters. The fourth-order valence-electron chi connectivity index (χ4n) is 2.74. The molecular weight excluding hydrogens is 148 g/mol. The fourth-order valence-corrected chi connectivity index (χ4v) is 2.74. The third kappa shape index (κ3) is 1.27. The summed E-state index contributed by atoms with van der Waals surface area (Å²) in [6.07, 6.45) is 4.14. The van der Waals surface area contributed by atoms with E-state index in [-0.39, 0.29) is 0 Å². The summed E-state index contributed by atoms with van der Waals surface area (Å²) in [5, 5.41) is 3.51. The van der Waals surface area contributed by atoms with E-state index < -0.39 is 0 Å². The van der Waals surface area contributed by atoms with E-state index in [2.05, 4.69) is 24.1 Å². The minimum atomic E-state index is 0.796. The number of piperazine rings is 1. The van der Waals surface area contributed by atoms with Gasteiger partial charge in [0.15, 0.2) is 0 Å². The molecule has 2 nitrogen and oxygen atoms in total. The molecule has 0 aliphatic carbocycles. The molecule has 0 aromatic heterocycles. The molecule has 0 radical (unpaired) electrons. The Morgan fingerprint density at radius 3 is 2.42 bits per heavy atom. The minimum Gasteiger partial charge on any atom is -0.314 e. The summed E-state index contributed by atoms with van der Waals surface area (Å²) in [5.41, 5.74) is 0. The minimum absolute atomic E-state index is 0.796. The summed E-state index contributed by atoms with van der Waals surface area (Å²) in [6.45, 7) is 7.12. The summed E-state index contributed by atoms with van der Waals surface area (Å²) in [5.74, 6) is 0. The Morgan fingerprint density at radius 1 is 1.33 bits per heavy atom. The van der Waals surface area contributed by atoms with Crippen LogP contribution in [0, 0.1) is 0 Å². The summed E-state index contributed by atoms with van der Waals surface area (Å²) < 4.78 is 0. The number of hydrogen-bond acceptors (Lipinski definition) is 2. The Balaban J connectivity index is 2.05. The fraction of sp³-hybridized carbons (Fsp3) is 1.00. The van der Waals surface area contributed by atoms with Gasteiger partial charge in [0, 0.05) is 31.2 Å². The van der Waals surface area contributed by atoms with Gasteiger partial charge < -0.3 is 5.32 Å². The number of fused-ring (bicyclic) bond motifs is 2. The van der Waals surface area contributed by atoms with Crippen molar-refractivity contribution in [2.75, 3.05) is 13.1 Å². The van der Waals surface area contributed by atoms with Gasteiger partial charge in [0.2, 0.25) is 0 Å². The Bertz CT molecular complexity index is 142. The van der Waals surface area contributed by atoms with E-state index in [1.807, 2.05) is 0 Å². The van der Waals surface area contributed by atoms with Gasteiger partial charge in [0.05, 0.1) is 0 Å². The van der Waals surface area contributed by atoms with Gasteiger partial charge in [-0.25, -0.2) is 0 Å². The summed E-state index contributed by atoms with van der Waals surface area (Å²) in [6, 6.07) is 2.49. The summed E-state index contributed by atoms with van der Waals surface area (Å²) in [7, 11) is 0. The van der Waals surface area contributed by atoms with Crippen molar-refractivity contribution in [3.05, 3.63) is 0 Å². The van der Waals surface area contributed by atoms with Gasteiger partial charge in [-0.15, -0.1) is 0 Å². The first-order valence-corrected chi connectivity index (χ1v) is 5.31. The van der Waals surface area contributed by atoms with E-state index in [4.69, 9.17) is 0 Å². The van der Waals surface area contributed by atoms with Crippen LogP contribution in [0.1, 0.15) is 33.1 Å². The second-order valence-corrected chi connectivity index (χ2v) is 4.25. The van der Waals surface area contributed by atoms with Crippen molar-refractivity contribution in [1.82, 2.24) is 10.2 Å². The Hall–Kier alpha value is -0.0800. The van der Waals surface area contributed by atoms with E-state index in [0.717, 1.165) is 18.1 Å². The SMILES string of the molecule is CCC(C)N1C2CCC1CNC2. The van der Waals surface area contributed by atoms with Crippen LogP contribution in [0.3, 0.4) is 0 Å². The van der Waals surface area contributed by atoms with Crippen LogP contribution in [-0.2, 0) is 0 Å². The highest BCUT2D eigenvalue weighted by Crippen LogP contribution is 2.29. The van der Waals surface area contributed by atoms with Gasteiger partial charge in [-0.2, -0.15) is 0 Å². The average Bonchev–Trinajstić information content (AvgIpc) is 2.35. The first-order valence-electron chi connectivity index (χ1n) is 5.31. The molecule has 2 aliphatic rings. The lowest BCUT2D eigenvalue weighted by atomic mass is 10.1. The second-order valence-electron chi connectivity index (χ2n) is 4.25. The molecule has 1 N–H and O–H groups in total. The lowest BCUT2D eigenvalue weighted by molar-refractivity contribution is 0.105.